The normalized spacial score (nSPS) is 15.2. The maximum Gasteiger partial charge on any atom is 0.265 e. The van der Waals surface area contributed by atoms with Crippen molar-refractivity contribution in [1.82, 2.24) is 4.90 Å². The molecule has 1 amide bonds. The lowest BCUT2D eigenvalue weighted by atomic mass is 10.1. The van der Waals surface area contributed by atoms with Crippen molar-refractivity contribution in [3.63, 3.8) is 0 Å². The summed E-state index contributed by atoms with van der Waals surface area (Å²) in [6.45, 7) is 4.66. The fourth-order valence-electron chi connectivity index (χ4n) is 2.64. The second kappa shape index (κ2) is 9.57. The minimum absolute atomic E-state index is 0.0655. The molecule has 6 heteroatoms. The number of likely N-dealkylation sites (N-methyl/N-ethyl adjacent to an activating group) is 1. The number of allylic oxidation sites excluding steroid dienone is 1. The number of carbonyl (C=O) groups excluding carboxylic acids is 1. The molecule has 0 unspecified atom stereocenters. The van der Waals surface area contributed by atoms with E-state index in [0.29, 0.717) is 22.4 Å². The van der Waals surface area contributed by atoms with Crippen LogP contribution in [0.25, 0.3) is 6.08 Å². The van der Waals surface area contributed by atoms with Gasteiger partial charge >= 0.3 is 0 Å². The molecule has 1 saturated heterocycles. The highest BCUT2D eigenvalue weighted by atomic mass is 32.2. The van der Waals surface area contributed by atoms with E-state index in [-0.39, 0.29) is 5.91 Å². The molecule has 1 fully saturated rings. The molecule has 0 spiro atoms. The Morgan fingerprint density at radius 1 is 1.11 bits per heavy atom. The third kappa shape index (κ3) is 5.03. The summed E-state index contributed by atoms with van der Waals surface area (Å²) < 4.78 is 12.1. The van der Waals surface area contributed by atoms with E-state index in [0.717, 1.165) is 29.0 Å². The molecule has 1 aliphatic rings. The first-order valence-corrected chi connectivity index (χ1v) is 10.1. The number of hydrogen-bond acceptors (Lipinski definition) is 5. The number of benzene rings is 2. The maximum atomic E-state index is 12.0. The van der Waals surface area contributed by atoms with Gasteiger partial charge in [0.1, 0.15) is 29.0 Å². The molecular formula is C22H21NO3S2. The van der Waals surface area contributed by atoms with Crippen molar-refractivity contribution in [3.8, 4) is 11.5 Å². The van der Waals surface area contributed by atoms with Gasteiger partial charge in [0.25, 0.3) is 5.91 Å². The summed E-state index contributed by atoms with van der Waals surface area (Å²) in [4.78, 5) is 14.2. The van der Waals surface area contributed by atoms with Gasteiger partial charge in [-0.2, -0.15) is 0 Å². The number of ether oxygens (including phenoxy) is 2. The summed E-state index contributed by atoms with van der Waals surface area (Å²) in [6.07, 6.45) is 4.47. The second-order valence-electron chi connectivity index (χ2n) is 6.11. The summed E-state index contributed by atoms with van der Waals surface area (Å²) in [5.74, 6) is 1.54. The SMILES string of the molecule is C=CCc1ccccc1OCCOc1ccc(C=C2SC(=S)N(C)C2=O)cc1. The summed E-state index contributed by atoms with van der Waals surface area (Å²) in [6, 6.07) is 15.5. The first-order valence-electron chi connectivity index (χ1n) is 8.84. The molecule has 0 aliphatic carbocycles. The largest absolute Gasteiger partial charge is 0.490 e. The van der Waals surface area contributed by atoms with Crippen LogP contribution in [-0.4, -0.2) is 35.4 Å². The van der Waals surface area contributed by atoms with Gasteiger partial charge in [0.05, 0.1) is 4.91 Å². The Kier molecular flexibility index (Phi) is 6.90. The number of rotatable bonds is 8. The van der Waals surface area contributed by atoms with E-state index in [1.165, 1.54) is 16.7 Å². The smallest absolute Gasteiger partial charge is 0.265 e. The van der Waals surface area contributed by atoms with Crippen LogP contribution in [0.1, 0.15) is 11.1 Å². The molecule has 0 radical (unpaired) electrons. The number of nitrogens with zero attached hydrogens (tertiary/aromatic N) is 1. The van der Waals surface area contributed by atoms with Gasteiger partial charge in [-0.1, -0.05) is 60.4 Å². The van der Waals surface area contributed by atoms with Crippen LogP contribution in [0, 0.1) is 0 Å². The van der Waals surface area contributed by atoms with Crippen LogP contribution in [-0.2, 0) is 11.2 Å². The van der Waals surface area contributed by atoms with Crippen LogP contribution in [0.15, 0.2) is 66.1 Å². The highest BCUT2D eigenvalue weighted by molar-refractivity contribution is 8.26. The fourth-order valence-corrected chi connectivity index (χ4v) is 3.82. The predicted octanol–water partition coefficient (Wildman–Crippen LogP) is 4.70. The van der Waals surface area contributed by atoms with E-state index in [2.05, 4.69) is 6.58 Å². The van der Waals surface area contributed by atoms with Crippen molar-refractivity contribution < 1.29 is 14.3 Å². The number of para-hydroxylation sites is 1. The van der Waals surface area contributed by atoms with E-state index < -0.39 is 0 Å². The van der Waals surface area contributed by atoms with Crippen LogP contribution in [0.4, 0.5) is 0 Å². The molecular weight excluding hydrogens is 390 g/mol. The number of thioether (sulfide) groups is 1. The van der Waals surface area contributed by atoms with E-state index in [1.54, 1.807) is 7.05 Å². The minimum Gasteiger partial charge on any atom is -0.490 e. The van der Waals surface area contributed by atoms with Crippen molar-refractivity contribution in [2.24, 2.45) is 0 Å². The van der Waals surface area contributed by atoms with Crippen LogP contribution < -0.4 is 9.47 Å². The zero-order valence-electron chi connectivity index (χ0n) is 15.6. The average molecular weight is 412 g/mol. The van der Waals surface area contributed by atoms with E-state index in [9.17, 15) is 4.79 Å². The maximum absolute atomic E-state index is 12.0. The Hall–Kier alpha value is -2.57. The molecule has 144 valence electrons. The van der Waals surface area contributed by atoms with Crippen LogP contribution >= 0.6 is 24.0 Å². The summed E-state index contributed by atoms with van der Waals surface area (Å²) in [7, 11) is 1.69. The van der Waals surface area contributed by atoms with Gasteiger partial charge in [0, 0.05) is 7.05 Å². The summed E-state index contributed by atoms with van der Waals surface area (Å²) >= 11 is 6.46. The van der Waals surface area contributed by atoms with Crippen molar-refractivity contribution in [3.05, 3.63) is 77.2 Å². The zero-order valence-corrected chi connectivity index (χ0v) is 17.2. The van der Waals surface area contributed by atoms with E-state index >= 15 is 0 Å². The average Bonchev–Trinajstić information content (AvgIpc) is 2.94. The minimum atomic E-state index is -0.0655. The lowest BCUT2D eigenvalue weighted by molar-refractivity contribution is -0.121. The molecule has 0 aromatic heterocycles. The summed E-state index contributed by atoms with van der Waals surface area (Å²) in [5, 5.41) is 0. The van der Waals surface area contributed by atoms with Gasteiger partial charge in [0.2, 0.25) is 0 Å². The Morgan fingerprint density at radius 3 is 2.50 bits per heavy atom. The molecule has 0 bridgehead atoms. The van der Waals surface area contributed by atoms with Crippen LogP contribution in [0.2, 0.25) is 0 Å². The van der Waals surface area contributed by atoms with Gasteiger partial charge in [-0.05, 0) is 41.8 Å². The van der Waals surface area contributed by atoms with Crippen molar-refractivity contribution in [2.45, 2.75) is 6.42 Å². The Balaban J connectivity index is 1.51. The van der Waals surface area contributed by atoms with Gasteiger partial charge in [-0.25, -0.2) is 0 Å². The molecule has 3 rings (SSSR count). The highest BCUT2D eigenvalue weighted by Gasteiger charge is 2.28. The topological polar surface area (TPSA) is 38.8 Å². The van der Waals surface area contributed by atoms with Crippen LogP contribution in [0.3, 0.4) is 0 Å². The third-order valence-corrected chi connectivity index (χ3v) is 5.60. The molecule has 1 heterocycles. The number of amides is 1. The Labute approximate surface area is 174 Å². The van der Waals surface area contributed by atoms with E-state index in [1.807, 2.05) is 60.7 Å². The van der Waals surface area contributed by atoms with E-state index in [4.69, 9.17) is 21.7 Å². The lowest BCUT2D eigenvalue weighted by Gasteiger charge is -2.11. The van der Waals surface area contributed by atoms with Gasteiger partial charge < -0.3 is 9.47 Å². The molecule has 2 aromatic carbocycles. The number of carbonyl (C=O) groups is 1. The first kappa shape index (κ1) is 20.2. The van der Waals surface area contributed by atoms with Gasteiger partial charge in [-0.15, -0.1) is 6.58 Å². The highest BCUT2D eigenvalue weighted by Crippen LogP contribution is 2.31. The van der Waals surface area contributed by atoms with Gasteiger partial charge in [-0.3, -0.25) is 9.69 Å². The molecule has 1 aliphatic heterocycles. The molecule has 4 nitrogen and oxygen atoms in total. The monoisotopic (exact) mass is 411 g/mol. The first-order chi connectivity index (χ1) is 13.6. The van der Waals surface area contributed by atoms with Crippen molar-refractivity contribution in [2.75, 3.05) is 20.3 Å². The molecule has 0 N–H and O–H groups in total. The Morgan fingerprint density at radius 2 is 1.82 bits per heavy atom. The predicted molar refractivity (Wildman–Crippen MR) is 119 cm³/mol. The molecule has 2 aromatic rings. The van der Waals surface area contributed by atoms with Gasteiger partial charge in [0.15, 0.2) is 0 Å². The molecule has 0 saturated carbocycles. The quantitative estimate of drug-likeness (QED) is 0.272. The van der Waals surface area contributed by atoms with Crippen molar-refractivity contribution >= 4 is 40.3 Å². The standard InChI is InChI=1S/C22H21NO3S2/c1-3-6-17-7-4-5-8-19(17)26-14-13-25-18-11-9-16(10-12-18)15-20-21(24)23(2)22(27)28-20/h3-5,7-12,15H,1,6,13-14H2,2H3. The second-order valence-corrected chi connectivity index (χ2v) is 7.78. The number of hydrogen-bond donors (Lipinski definition) is 0. The summed E-state index contributed by atoms with van der Waals surface area (Å²) in [5.41, 5.74) is 2.04. The Bertz CT molecular complexity index is 906. The van der Waals surface area contributed by atoms with Crippen LogP contribution in [0.5, 0.6) is 11.5 Å². The molecule has 0 atom stereocenters. The zero-order chi connectivity index (χ0) is 19.9. The number of thiocarbonyl (C=S) groups is 1. The lowest BCUT2D eigenvalue weighted by Crippen LogP contribution is -2.22. The fraction of sp³-hybridized carbons (Fsp3) is 0.182. The molecule has 28 heavy (non-hydrogen) atoms. The van der Waals surface area contributed by atoms with Crippen molar-refractivity contribution in [1.29, 1.82) is 0 Å². The third-order valence-electron chi connectivity index (χ3n) is 4.11.